The number of ether oxygens (including phenoxy) is 5. The zero-order chi connectivity index (χ0) is 51.2. The third-order valence-corrected chi connectivity index (χ3v) is 17.7. The van der Waals surface area contributed by atoms with Gasteiger partial charge in [-0.15, -0.1) is 0 Å². The maximum atomic E-state index is 14.7. The summed E-state index contributed by atoms with van der Waals surface area (Å²) in [7, 11) is 1.70. The number of rotatable bonds is 15. The lowest BCUT2D eigenvalue weighted by Crippen LogP contribution is -2.73. The van der Waals surface area contributed by atoms with E-state index in [9.17, 15) is 45.0 Å². The summed E-state index contributed by atoms with van der Waals surface area (Å²) in [5, 5.41) is 69.9. The molecule has 2 bridgehead atoms. The van der Waals surface area contributed by atoms with E-state index in [4.69, 9.17) is 23.7 Å². The Bertz CT molecular complexity index is 2690. The van der Waals surface area contributed by atoms with Gasteiger partial charge in [0.25, 0.3) is 0 Å². The first-order valence-electron chi connectivity index (χ1n) is 26.6. The van der Waals surface area contributed by atoms with Crippen molar-refractivity contribution in [2.24, 2.45) is 41.4 Å². The lowest BCUT2D eigenvalue weighted by atomic mass is 9.46. The fourth-order valence-corrected chi connectivity index (χ4v) is 14.6. The largest absolute Gasteiger partial charge is 0.492 e. The highest BCUT2D eigenvalue weighted by atomic mass is 16.6. The number of aliphatic hydroxyl groups excluding tert-OH is 5. The molecule has 16 nitrogen and oxygen atoms in total. The number of Topliss-reactive ketones (excluding diaryl/α,β-unsaturated/α-hetero) is 1. The molecule has 3 aromatic rings. The SMILES string of the molecule is CCOC(=O)C1=C(C=O)/C2=C3\C[C@@H](CO)C(=O)[C@H](C3)c3cc4cc[nH]c4cc3CC[C@@H](CO)COc3c4c(c(CO)c(c32)O1)O[C@@]1(C=C[C@@H](CCO)[C@@H]2[C@@H](CCCO)C[C@@H]3CN(CCCOC)CC[C@@H]3[C@]21O)C4. The number of carbonyl (C=O) groups is 3. The number of aldehydes is 1. The Morgan fingerprint density at radius 3 is 2.62 bits per heavy atom. The predicted octanol–water partition coefficient (Wildman–Crippen LogP) is 4.87. The first-order valence-corrected chi connectivity index (χ1v) is 26.6. The molecule has 73 heavy (non-hydrogen) atoms. The van der Waals surface area contributed by atoms with Crippen molar-refractivity contribution >= 4 is 34.5 Å². The molecule has 1 spiro atoms. The predicted molar refractivity (Wildman–Crippen MR) is 269 cm³/mol. The van der Waals surface area contributed by atoms with Crippen molar-refractivity contribution in [2.45, 2.75) is 101 Å². The number of nitrogens with one attached hydrogen (secondary N) is 1. The molecule has 10 atom stereocenters. The van der Waals surface area contributed by atoms with Gasteiger partial charge >= 0.3 is 5.97 Å². The highest BCUT2D eigenvalue weighted by Crippen LogP contribution is 2.65. The molecule has 0 amide bonds. The number of aryl methyl sites for hydroxylation is 1. The quantitative estimate of drug-likeness (QED) is 0.0466. The number of ketones is 1. The molecular weight excluding hydrogens is 937 g/mol. The molecule has 2 aromatic carbocycles. The summed E-state index contributed by atoms with van der Waals surface area (Å²) in [6.07, 6.45) is 11.5. The Morgan fingerprint density at radius 1 is 1.03 bits per heavy atom. The van der Waals surface area contributed by atoms with Crippen LogP contribution in [0.2, 0.25) is 0 Å². The lowest BCUT2D eigenvalue weighted by Gasteiger charge is -2.63. The van der Waals surface area contributed by atoms with E-state index in [1.54, 1.807) is 14.0 Å². The van der Waals surface area contributed by atoms with E-state index in [2.05, 4.69) is 16.0 Å². The number of aromatic amines is 1. The second-order valence-corrected chi connectivity index (χ2v) is 21.6. The van der Waals surface area contributed by atoms with Crippen molar-refractivity contribution < 1.29 is 68.7 Å². The van der Waals surface area contributed by atoms with Gasteiger partial charge in [-0.05, 0) is 142 Å². The molecule has 16 heteroatoms. The number of hydrogen-bond donors (Lipinski definition) is 7. The highest BCUT2D eigenvalue weighted by molar-refractivity contribution is 6.11. The van der Waals surface area contributed by atoms with Crippen molar-refractivity contribution in [3.05, 3.63) is 81.3 Å². The van der Waals surface area contributed by atoms with Gasteiger partial charge in [0.05, 0.1) is 43.1 Å². The van der Waals surface area contributed by atoms with Crippen LogP contribution in [0, 0.1) is 41.4 Å². The van der Waals surface area contributed by atoms with Crippen LogP contribution in [0.25, 0.3) is 16.5 Å². The minimum absolute atomic E-state index is 0.00324. The van der Waals surface area contributed by atoms with Gasteiger partial charge < -0.3 is 64.2 Å². The molecular formula is C57H72N2O14. The zero-order valence-corrected chi connectivity index (χ0v) is 42.1. The second-order valence-electron chi connectivity index (χ2n) is 21.6. The number of esters is 1. The third-order valence-electron chi connectivity index (χ3n) is 17.7. The number of piperidine rings is 1. The number of nitrogens with zero attached hydrogens (tertiary/aromatic N) is 1. The first-order chi connectivity index (χ1) is 35.5. The van der Waals surface area contributed by atoms with Gasteiger partial charge in [0.15, 0.2) is 11.9 Å². The number of hydrogen-bond acceptors (Lipinski definition) is 15. The molecule has 394 valence electrons. The average Bonchev–Trinajstić information content (AvgIpc) is 4.04. The average molecular weight is 1010 g/mol. The number of H-pyrrole nitrogens is 1. The molecule has 1 saturated heterocycles. The van der Waals surface area contributed by atoms with Crippen molar-refractivity contribution in [1.29, 1.82) is 0 Å². The summed E-state index contributed by atoms with van der Waals surface area (Å²) in [4.78, 5) is 48.4. The maximum Gasteiger partial charge on any atom is 0.375 e. The Labute approximate surface area is 426 Å². The van der Waals surface area contributed by atoms with Crippen LogP contribution in [0.1, 0.15) is 98.4 Å². The molecule has 0 radical (unpaired) electrons. The van der Waals surface area contributed by atoms with Gasteiger partial charge in [0.1, 0.15) is 28.6 Å². The van der Waals surface area contributed by atoms with E-state index in [1.165, 1.54) is 0 Å². The molecule has 7 N–H and O–H groups in total. The van der Waals surface area contributed by atoms with Crippen molar-refractivity contribution in [3.8, 4) is 17.2 Å². The molecule has 7 aliphatic rings. The van der Waals surface area contributed by atoms with Gasteiger partial charge in [0, 0.05) is 99.6 Å². The van der Waals surface area contributed by atoms with Crippen LogP contribution in [0.3, 0.4) is 0 Å². The number of carbonyl (C=O) groups excluding carboxylic acids is 3. The second kappa shape index (κ2) is 21.4. The first kappa shape index (κ1) is 51.6. The Kier molecular flexibility index (Phi) is 15.1. The molecule has 3 aliphatic carbocycles. The van der Waals surface area contributed by atoms with Crippen LogP contribution in [-0.2, 0) is 43.3 Å². The van der Waals surface area contributed by atoms with Crippen LogP contribution in [-0.4, -0.2) is 143 Å². The minimum atomic E-state index is -1.55. The van der Waals surface area contributed by atoms with Gasteiger partial charge in [-0.25, -0.2) is 4.79 Å². The molecule has 5 heterocycles. The number of benzene rings is 2. The Balaban J connectivity index is 1.21. The van der Waals surface area contributed by atoms with E-state index in [0.717, 1.165) is 54.5 Å². The molecule has 3 fully saturated rings. The van der Waals surface area contributed by atoms with Crippen LogP contribution < -0.4 is 14.2 Å². The van der Waals surface area contributed by atoms with Gasteiger partial charge in [-0.1, -0.05) is 11.6 Å². The van der Waals surface area contributed by atoms with Crippen LogP contribution >= 0.6 is 0 Å². The lowest BCUT2D eigenvalue weighted by molar-refractivity contribution is -0.241. The number of aliphatic hydroxyl groups is 6. The smallest absolute Gasteiger partial charge is 0.375 e. The molecule has 4 aliphatic heterocycles. The summed E-state index contributed by atoms with van der Waals surface area (Å²) in [6.45, 7) is 3.08. The molecule has 2 saturated carbocycles. The van der Waals surface area contributed by atoms with E-state index in [1.807, 2.05) is 30.5 Å². The summed E-state index contributed by atoms with van der Waals surface area (Å²) in [6, 6.07) is 5.97. The van der Waals surface area contributed by atoms with E-state index >= 15 is 0 Å². The third kappa shape index (κ3) is 8.76. The van der Waals surface area contributed by atoms with E-state index in [0.29, 0.717) is 62.6 Å². The highest BCUT2D eigenvalue weighted by Gasteiger charge is 2.70. The monoisotopic (exact) mass is 1010 g/mol. The summed E-state index contributed by atoms with van der Waals surface area (Å²) in [5.74, 6) is -3.99. The van der Waals surface area contributed by atoms with Gasteiger partial charge in [-0.2, -0.15) is 0 Å². The number of allylic oxidation sites excluding steroid dienone is 4. The maximum absolute atomic E-state index is 14.7. The Morgan fingerprint density at radius 2 is 1.88 bits per heavy atom. The molecule has 1 aromatic heterocycles. The van der Waals surface area contributed by atoms with Crippen molar-refractivity contribution in [2.75, 3.05) is 73.0 Å². The van der Waals surface area contributed by atoms with Crippen molar-refractivity contribution in [1.82, 2.24) is 9.88 Å². The fraction of sp³-hybridized carbons (Fsp3) is 0.596. The summed E-state index contributed by atoms with van der Waals surface area (Å²) in [5.41, 5.74) is 1.21. The number of fused-ring (bicyclic) bond motifs is 11. The topological polar surface area (TPSA) is 238 Å². The Hall–Kier alpha value is -4.91. The summed E-state index contributed by atoms with van der Waals surface area (Å²) < 4.78 is 32.1. The van der Waals surface area contributed by atoms with Crippen LogP contribution in [0.5, 0.6) is 17.2 Å². The number of aromatic nitrogens is 1. The van der Waals surface area contributed by atoms with E-state index < -0.39 is 59.8 Å². The molecule has 0 unspecified atom stereocenters. The summed E-state index contributed by atoms with van der Waals surface area (Å²) >= 11 is 0. The fourth-order valence-electron chi connectivity index (χ4n) is 14.6. The molecule has 10 rings (SSSR count). The number of methoxy groups -OCH3 is 1. The van der Waals surface area contributed by atoms with Gasteiger partial charge in [0.2, 0.25) is 5.76 Å². The van der Waals surface area contributed by atoms with Crippen molar-refractivity contribution in [3.63, 3.8) is 0 Å². The normalized spacial score (nSPS) is 31.7. The van der Waals surface area contributed by atoms with Gasteiger partial charge in [-0.3, -0.25) is 9.59 Å². The number of likely N-dealkylation sites (tertiary alicyclic amines) is 1. The van der Waals surface area contributed by atoms with Crippen LogP contribution in [0.15, 0.2) is 53.5 Å². The van der Waals surface area contributed by atoms with Crippen LogP contribution in [0.4, 0.5) is 0 Å². The minimum Gasteiger partial charge on any atom is -0.492 e. The van der Waals surface area contributed by atoms with E-state index in [-0.39, 0.29) is 121 Å². The zero-order valence-electron chi connectivity index (χ0n) is 42.1. The standard InChI is InChI=1S/C57H72N2O14/c1-3-70-55(67)54-43(29-64)47-37-21-39(28-63)50(66)41(23-37)40-22-35-10-14-58-46(35)24-34(40)8-7-32(27-62)31-71-52-42-25-56(73-51(42)44(30-65)53(72-54)48(47)52)13-9-33(12-18-61)49-36(6-4-17-60)20-38-26-59(15-5-19-69-2)16-11-45(38)57(49,56)68/h9-10,13-14,22,24,29,32-33,36,38-39,41,45,49,58,60-63,65,68H,3-8,11-12,15-21,23,25-28,30-31H2,1-2H3/b47-37-/t32-,33-,36-,38+,39-,41+,45-,49+,56-,57-/m0/s1.